The molecule has 0 bridgehead atoms. The third kappa shape index (κ3) is 0.863. The van der Waals surface area contributed by atoms with Gasteiger partial charge in [-0.3, -0.25) is 0 Å². The van der Waals surface area contributed by atoms with Crippen LogP contribution in [0.25, 0.3) is 11.0 Å². The summed E-state index contributed by atoms with van der Waals surface area (Å²) in [4.78, 5) is 4.13. The molecule has 0 saturated carbocycles. The monoisotopic (exact) mass is 162 g/mol. The Bertz CT molecular complexity index is 406. The van der Waals surface area contributed by atoms with Gasteiger partial charge in [0.1, 0.15) is 0 Å². The van der Waals surface area contributed by atoms with Gasteiger partial charge in [-0.15, -0.1) is 0 Å². The van der Waals surface area contributed by atoms with Crippen molar-refractivity contribution in [2.45, 2.75) is 6.92 Å². The fraction of sp³-hybridized carbons (Fsp3) is 0.222. The topological polar surface area (TPSA) is 38.1 Å². The average molecular weight is 162 g/mol. The molecule has 0 aliphatic carbocycles. The fourth-order valence-electron chi connectivity index (χ4n) is 1.27. The molecule has 62 valence electrons. The summed E-state index contributed by atoms with van der Waals surface area (Å²) in [7, 11) is 1.83. The lowest BCUT2D eigenvalue weighted by Gasteiger charge is -1.97. The second-order valence-electron chi connectivity index (χ2n) is 2.70. The smallest absolute Gasteiger partial charge is 0.176 e. The molecular weight excluding hydrogens is 152 g/mol. The van der Waals surface area contributed by atoms with Gasteiger partial charge in [0, 0.05) is 18.6 Å². The van der Waals surface area contributed by atoms with Crippen LogP contribution in [0.1, 0.15) is 5.56 Å². The van der Waals surface area contributed by atoms with E-state index in [1.54, 1.807) is 12.5 Å². The second-order valence-corrected chi connectivity index (χ2v) is 2.70. The van der Waals surface area contributed by atoms with E-state index >= 15 is 0 Å². The summed E-state index contributed by atoms with van der Waals surface area (Å²) in [6.45, 7) is 2.02. The Morgan fingerprint density at radius 3 is 3.08 bits per heavy atom. The number of anilines is 1. The van der Waals surface area contributed by atoms with E-state index in [1.807, 2.05) is 20.0 Å². The SMILES string of the molecule is CNc1nccc2c(C)coc12. The summed E-state index contributed by atoms with van der Waals surface area (Å²) in [5, 5.41) is 4.10. The van der Waals surface area contributed by atoms with E-state index in [2.05, 4.69) is 10.3 Å². The lowest BCUT2D eigenvalue weighted by Crippen LogP contribution is -1.91. The van der Waals surface area contributed by atoms with Gasteiger partial charge in [0.05, 0.1) is 6.26 Å². The van der Waals surface area contributed by atoms with Gasteiger partial charge in [0.25, 0.3) is 0 Å². The van der Waals surface area contributed by atoms with Crippen molar-refractivity contribution in [2.75, 3.05) is 12.4 Å². The maximum absolute atomic E-state index is 5.35. The van der Waals surface area contributed by atoms with Crippen molar-refractivity contribution in [3.05, 3.63) is 24.1 Å². The molecular formula is C9H10N2O. The lowest BCUT2D eigenvalue weighted by molar-refractivity contribution is 0.612. The van der Waals surface area contributed by atoms with Gasteiger partial charge in [-0.25, -0.2) is 4.98 Å². The van der Waals surface area contributed by atoms with Crippen LogP contribution in [-0.2, 0) is 0 Å². The summed E-state index contributed by atoms with van der Waals surface area (Å²) in [5.41, 5.74) is 1.97. The van der Waals surface area contributed by atoms with E-state index in [1.165, 1.54) is 0 Å². The van der Waals surface area contributed by atoms with E-state index in [-0.39, 0.29) is 0 Å². The molecule has 2 rings (SSSR count). The van der Waals surface area contributed by atoms with Crippen molar-refractivity contribution >= 4 is 16.8 Å². The molecule has 0 atom stereocenters. The number of aryl methyl sites for hydroxylation is 1. The van der Waals surface area contributed by atoms with Crippen LogP contribution in [0.5, 0.6) is 0 Å². The number of hydrogen-bond donors (Lipinski definition) is 1. The molecule has 0 aromatic carbocycles. The summed E-state index contributed by atoms with van der Waals surface area (Å²) >= 11 is 0. The fourth-order valence-corrected chi connectivity index (χ4v) is 1.27. The first-order chi connectivity index (χ1) is 5.83. The Kier molecular flexibility index (Phi) is 1.50. The van der Waals surface area contributed by atoms with Crippen LogP contribution in [0, 0.1) is 6.92 Å². The first-order valence-electron chi connectivity index (χ1n) is 3.83. The predicted octanol–water partition coefficient (Wildman–Crippen LogP) is 2.18. The van der Waals surface area contributed by atoms with Crippen LogP contribution in [-0.4, -0.2) is 12.0 Å². The highest BCUT2D eigenvalue weighted by Gasteiger charge is 2.05. The van der Waals surface area contributed by atoms with Crippen molar-refractivity contribution in [1.82, 2.24) is 4.98 Å². The Labute approximate surface area is 70.4 Å². The van der Waals surface area contributed by atoms with Gasteiger partial charge in [-0.1, -0.05) is 0 Å². The highest BCUT2D eigenvalue weighted by molar-refractivity contribution is 5.88. The highest BCUT2D eigenvalue weighted by atomic mass is 16.3. The Hall–Kier alpha value is -1.51. The van der Waals surface area contributed by atoms with Crippen LogP contribution in [0.2, 0.25) is 0 Å². The molecule has 0 radical (unpaired) electrons. The van der Waals surface area contributed by atoms with Crippen LogP contribution >= 0.6 is 0 Å². The van der Waals surface area contributed by atoms with E-state index in [4.69, 9.17) is 4.42 Å². The number of nitrogens with one attached hydrogen (secondary N) is 1. The summed E-state index contributed by atoms with van der Waals surface area (Å²) in [6, 6.07) is 1.95. The zero-order valence-electron chi connectivity index (χ0n) is 7.09. The normalized spacial score (nSPS) is 10.5. The first-order valence-corrected chi connectivity index (χ1v) is 3.83. The highest BCUT2D eigenvalue weighted by Crippen LogP contribution is 2.24. The molecule has 1 N–H and O–H groups in total. The molecule has 2 heterocycles. The maximum atomic E-state index is 5.35. The van der Waals surface area contributed by atoms with Gasteiger partial charge in [-0.2, -0.15) is 0 Å². The van der Waals surface area contributed by atoms with Crippen LogP contribution in [0.15, 0.2) is 22.9 Å². The molecule has 0 amide bonds. The van der Waals surface area contributed by atoms with Gasteiger partial charge < -0.3 is 9.73 Å². The molecule has 2 aromatic rings. The Morgan fingerprint density at radius 2 is 2.33 bits per heavy atom. The Balaban J connectivity index is 2.81. The van der Waals surface area contributed by atoms with E-state index < -0.39 is 0 Å². The van der Waals surface area contributed by atoms with Crippen molar-refractivity contribution < 1.29 is 4.42 Å². The number of rotatable bonds is 1. The van der Waals surface area contributed by atoms with E-state index in [9.17, 15) is 0 Å². The summed E-state index contributed by atoms with van der Waals surface area (Å²) in [5.74, 6) is 0.792. The minimum absolute atomic E-state index is 0.792. The van der Waals surface area contributed by atoms with Crippen molar-refractivity contribution in [3.63, 3.8) is 0 Å². The summed E-state index contributed by atoms with van der Waals surface area (Å²) in [6.07, 6.45) is 3.52. The quantitative estimate of drug-likeness (QED) is 0.698. The average Bonchev–Trinajstić information content (AvgIpc) is 2.48. The molecule has 0 fully saturated rings. The van der Waals surface area contributed by atoms with Crippen molar-refractivity contribution in [1.29, 1.82) is 0 Å². The van der Waals surface area contributed by atoms with Crippen molar-refractivity contribution in [3.8, 4) is 0 Å². The molecule has 3 nitrogen and oxygen atoms in total. The zero-order valence-corrected chi connectivity index (χ0v) is 7.09. The molecule has 0 unspecified atom stereocenters. The molecule has 2 aromatic heterocycles. The second kappa shape index (κ2) is 2.52. The van der Waals surface area contributed by atoms with Gasteiger partial charge in [0.2, 0.25) is 0 Å². The van der Waals surface area contributed by atoms with E-state index in [0.717, 1.165) is 22.4 Å². The first kappa shape index (κ1) is 7.16. The predicted molar refractivity (Wildman–Crippen MR) is 48.3 cm³/mol. The molecule has 0 spiro atoms. The molecule has 0 saturated heterocycles. The Morgan fingerprint density at radius 1 is 1.50 bits per heavy atom. The third-order valence-corrected chi connectivity index (χ3v) is 1.92. The minimum Gasteiger partial charge on any atom is -0.460 e. The van der Waals surface area contributed by atoms with Crippen LogP contribution < -0.4 is 5.32 Å². The maximum Gasteiger partial charge on any atom is 0.176 e. The van der Waals surface area contributed by atoms with E-state index in [0.29, 0.717) is 0 Å². The van der Waals surface area contributed by atoms with Crippen LogP contribution in [0.4, 0.5) is 5.82 Å². The largest absolute Gasteiger partial charge is 0.460 e. The van der Waals surface area contributed by atoms with Crippen LogP contribution in [0.3, 0.4) is 0 Å². The lowest BCUT2D eigenvalue weighted by atomic mass is 10.2. The zero-order chi connectivity index (χ0) is 8.55. The van der Waals surface area contributed by atoms with Gasteiger partial charge in [-0.05, 0) is 18.6 Å². The van der Waals surface area contributed by atoms with Crippen molar-refractivity contribution in [2.24, 2.45) is 0 Å². The minimum atomic E-state index is 0.792. The molecule has 3 heteroatoms. The third-order valence-electron chi connectivity index (χ3n) is 1.92. The number of aromatic nitrogens is 1. The number of fused-ring (bicyclic) bond motifs is 1. The number of furan rings is 1. The standard InChI is InChI=1S/C9H10N2O/c1-6-5-12-8-7(6)3-4-11-9(8)10-2/h3-5H,1-2H3,(H,10,11). The molecule has 0 aliphatic rings. The number of pyridine rings is 1. The van der Waals surface area contributed by atoms with Gasteiger partial charge >= 0.3 is 0 Å². The molecule has 12 heavy (non-hydrogen) atoms. The number of nitrogens with zero attached hydrogens (tertiary/aromatic N) is 1. The van der Waals surface area contributed by atoms with Gasteiger partial charge in [0.15, 0.2) is 11.4 Å². The summed E-state index contributed by atoms with van der Waals surface area (Å²) < 4.78 is 5.35. The number of hydrogen-bond acceptors (Lipinski definition) is 3. The molecule has 0 aliphatic heterocycles.